The number of hydrogen-bond donors (Lipinski definition) is 0. The second-order valence-corrected chi connectivity index (χ2v) is 78.5. The number of halogens is 4. The van der Waals surface area contributed by atoms with E-state index in [0.29, 0.717) is 53.6 Å². The van der Waals surface area contributed by atoms with Gasteiger partial charge in [0.25, 0.3) is 0 Å². The van der Waals surface area contributed by atoms with E-state index in [0.717, 1.165) is 96.1 Å². The van der Waals surface area contributed by atoms with Crippen LogP contribution in [-0.4, -0.2) is 178 Å². The lowest BCUT2D eigenvalue weighted by atomic mass is 9.80. The molecule has 8 aliphatic rings. The van der Waals surface area contributed by atoms with Crippen LogP contribution in [0.25, 0.3) is 0 Å². The third kappa shape index (κ3) is 35.2. The van der Waals surface area contributed by atoms with Gasteiger partial charge in [0.1, 0.15) is 0 Å². The summed E-state index contributed by atoms with van der Waals surface area (Å²) in [6.07, 6.45) is 3.87. The fourth-order valence-electron chi connectivity index (χ4n) is 20.5. The zero-order chi connectivity index (χ0) is 84.6. The van der Waals surface area contributed by atoms with Crippen molar-refractivity contribution in [2.75, 3.05) is 31.7 Å². The Labute approximate surface area is 683 Å². The van der Waals surface area contributed by atoms with Crippen molar-refractivity contribution in [3.05, 3.63) is 0 Å². The lowest BCUT2D eigenvalue weighted by Crippen LogP contribution is -2.53. The molecule has 108 heavy (non-hydrogen) atoms. The first-order chi connectivity index (χ1) is 48.8. The van der Waals surface area contributed by atoms with E-state index in [2.05, 4.69) is 288 Å². The molecule has 648 valence electrons. The SMILES string of the molecule is CC(C)C1CO[Si](C)(C)OC1C(C)C.CC(C)C1C[Si](C)(C)CC1C(C)C.CC(C)C1C[Si](C)(C)CCN1C(C)C.CC(C)C1C[Si](C)(C)CN1C(C)C.CC(C)C1C[Si](C)(C)OC1C(C)C.CC(C)C1C[Si](F)(F)CC1C(C)C.CC(C)C1C[Si](F)(F)CN1C(C)C.CC[Si]1(CC)CC(C(C)C)N(C(C)C)C1. The van der Waals surface area contributed by atoms with Crippen LogP contribution < -0.4 is 0 Å². The molecular formula is C89H194F4N4O3Si8. The van der Waals surface area contributed by atoms with E-state index >= 15 is 0 Å². The van der Waals surface area contributed by atoms with Gasteiger partial charge in [0, 0.05) is 87.1 Å². The van der Waals surface area contributed by atoms with Crippen LogP contribution >= 0.6 is 0 Å². The molecule has 0 N–H and O–H groups in total. The molecular weight excluding hydrogens is 1470 g/mol. The van der Waals surface area contributed by atoms with Crippen molar-refractivity contribution in [2.45, 2.75) is 434 Å². The summed E-state index contributed by atoms with van der Waals surface area (Å²) in [5.41, 5.74) is 0. The summed E-state index contributed by atoms with van der Waals surface area (Å²) in [6, 6.07) is 19.3. The molecule has 0 aromatic carbocycles. The second-order valence-electron chi connectivity index (χ2n) is 45.4. The summed E-state index contributed by atoms with van der Waals surface area (Å²) < 4.78 is 71.3. The van der Waals surface area contributed by atoms with Crippen molar-refractivity contribution in [3.63, 3.8) is 0 Å². The standard InChI is InChI=1S/C13H29NSi.C12H27NSi.C12H26Si.C11H25NSi.C11H24O2Si.C11H24OSi.C10H20F2Si.C9H19F2NSi/c1-7-15(8-2)9-13(11(3)4)14(10-15)12(5)6;1-10(2)12-9-14(5,6)8-7-13(12)11(3)4;2*1-9(2)11-7-13(5,6)8-12(11)10(3)4;1-8(2)10-7-12-14(5,6)13-11(10)9(3)4;1-8(2)10-7-13(5,6)12-11(10)9(3)4;1-7(2)9-5-13(11,12)6-10(9)8(3)4;1-7(2)9-5-13(10,11)6-12(9)8(3)4/h11-13H,7-10H2,1-6H3;10-12H,7-9H2,1-6H3;9-12H,7-8H2,1-6H3;9-11H,7-8H2,1-6H3;8-11H,7H2,1-6H3;8-11H,7H2,1-6H3;7-10H,5-6H2,1-4H3;7-9H,5-6H2,1-4H3. The van der Waals surface area contributed by atoms with Crippen LogP contribution in [0.2, 0.25) is 138 Å². The van der Waals surface area contributed by atoms with Crippen LogP contribution in [0.15, 0.2) is 0 Å². The van der Waals surface area contributed by atoms with E-state index in [1.807, 2.05) is 32.6 Å². The topological polar surface area (TPSA) is 40.7 Å². The molecule has 0 saturated carbocycles. The molecule has 19 heteroatoms. The van der Waals surface area contributed by atoms with Crippen molar-refractivity contribution in [2.24, 2.45) is 107 Å². The molecule has 0 radical (unpaired) electrons. The van der Waals surface area contributed by atoms with Crippen LogP contribution in [0.5, 0.6) is 0 Å². The quantitative estimate of drug-likeness (QED) is 0.0769. The maximum absolute atomic E-state index is 13.3. The van der Waals surface area contributed by atoms with E-state index in [4.69, 9.17) is 13.3 Å². The minimum Gasteiger partial charge on any atom is -0.414 e. The van der Waals surface area contributed by atoms with Gasteiger partial charge in [-0.2, -0.15) is 0 Å². The summed E-state index contributed by atoms with van der Waals surface area (Å²) >= 11 is 0. The summed E-state index contributed by atoms with van der Waals surface area (Å²) in [4.78, 5) is 10.2. The van der Waals surface area contributed by atoms with E-state index in [1.54, 1.807) is 18.1 Å². The lowest BCUT2D eigenvalue weighted by Gasteiger charge is -2.46. The van der Waals surface area contributed by atoms with Gasteiger partial charge in [-0.1, -0.05) is 243 Å². The molecule has 7 nitrogen and oxygen atoms in total. The van der Waals surface area contributed by atoms with Crippen LogP contribution in [0.4, 0.5) is 16.4 Å². The first kappa shape index (κ1) is 107. The van der Waals surface area contributed by atoms with E-state index in [-0.39, 0.29) is 48.2 Å². The van der Waals surface area contributed by atoms with Crippen molar-refractivity contribution in [1.29, 1.82) is 0 Å². The first-order valence-electron chi connectivity index (χ1n) is 45.6. The van der Waals surface area contributed by atoms with Crippen LogP contribution in [0.3, 0.4) is 0 Å². The summed E-state index contributed by atoms with van der Waals surface area (Å²) in [7, 11) is -14.2. The van der Waals surface area contributed by atoms with Gasteiger partial charge in [0.2, 0.25) is 0 Å². The zero-order valence-electron chi connectivity index (χ0n) is 80.7. The molecule has 0 amide bonds. The van der Waals surface area contributed by atoms with Gasteiger partial charge in [-0.15, -0.1) is 0 Å². The van der Waals surface area contributed by atoms with Crippen molar-refractivity contribution < 1.29 is 29.7 Å². The zero-order valence-corrected chi connectivity index (χ0v) is 88.7. The van der Waals surface area contributed by atoms with Crippen LogP contribution in [0.1, 0.15) is 235 Å². The molecule has 8 aliphatic heterocycles. The van der Waals surface area contributed by atoms with Gasteiger partial charge in [-0.25, -0.2) is 0 Å². The van der Waals surface area contributed by atoms with Gasteiger partial charge < -0.3 is 23.1 Å². The Bertz CT molecular complexity index is 2070. The smallest absolute Gasteiger partial charge is 0.414 e. The summed E-state index contributed by atoms with van der Waals surface area (Å²) in [5.74, 6) is 12.2. The molecule has 8 fully saturated rings. The molecule has 0 aromatic heterocycles. The largest absolute Gasteiger partial charge is 0.439 e. The van der Waals surface area contributed by atoms with Gasteiger partial charge in [-0.05, 0) is 231 Å². The Morgan fingerprint density at radius 3 is 0.935 bits per heavy atom. The van der Waals surface area contributed by atoms with Crippen LogP contribution in [-0.2, 0) is 13.3 Å². The van der Waals surface area contributed by atoms with Crippen molar-refractivity contribution >= 4 is 66.7 Å². The van der Waals surface area contributed by atoms with Crippen LogP contribution in [0, 0.1) is 107 Å². The van der Waals surface area contributed by atoms with Gasteiger partial charge in [0.15, 0.2) is 8.32 Å². The fraction of sp³-hybridized carbons (Fsp3) is 1.00. The predicted molar refractivity (Wildman–Crippen MR) is 495 cm³/mol. The highest BCUT2D eigenvalue weighted by atomic mass is 28.4. The molecule has 0 aromatic rings. The summed E-state index contributed by atoms with van der Waals surface area (Å²) in [6.45, 7) is 104. The van der Waals surface area contributed by atoms with Gasteiger partial charge in [-0.3, -0.25) is 26.2 Å². The van der Waals surface area contributed by atoms with E-state index in [1.165, 1.54) is 55.1 Å². The minimum atomic E-state index is -3.87. The minimum absolute atomic E-state index is 0.0769. The van der Waals surface area contributed by atoms with E-state index < -0.39 is 66.7 Å². The Morgan fingerprint density at radius 2 is 0.620 bits per heavy atom. The number of nitrogens with zero attached hydrogens (tertiary/aromatic N) is 4. The molecule has 8 heterocycles. The highest BCUT2D eigenvalue weighted by Gasteiger charge is 2.54. The lowest BCUT2D eigenvalue weighted by molar-refractivity contribution is -0.0404. The Balaban J connectivity index is 0.000000617. The molecule has 0 spiro atoms. The maximum Gasteiger partial charge on any atom is 0.439 e. The van der Waals surface area contributed by atoms with Gasteiger partial charge in [0.05, 0.1) is 42.6 Å². The number of rotatable bonds is 18. The highest BCUT2D eigenvalue weighted by Crippen LogP contribution is 2.50. The average Bonchev–Trinajstić information content (AvgIpc) is 1.71. The summed E-state index contributed by atoms with van der Waals surface area (Å²) in [5, 5.41) is 0. The second kappa shape index (κ2) is 45.5. The molecule has 8 rings (SSSR count). The monoisotopic (exact) mass is 1670 g/mol. The third-order valence-corrected chi connectivity index (χ3v) is 49.8. The maximum atomic E-state index is 13.3. The fourth-order valence-corrected chi connectivity index (χ4v) is 46.4. The normalized spacial score (nSPS) is 30.7. The molecule has 12 unspecified atom stereocenters. The number of hydrogen-bond acceptors (Lipinski definition) is 7. The van der Waals surface area contributed by atoms with E-state index in [9.17, 15) is 16.4 Å². The van der Waals surface area contributed by atoms with Crippen molar-refractivity contribution in [1.82, 2.24) is 19.6 Å². The third-order valence-electron chi connectivity index (χ3n) is 27.5. The molecule has 0 bridgehead atoms. The first-order valence-corrected chi connectivity index (χ1v) is 68.9. The van der Waals surface area contributed by atoms with Gasteiger partial charge >= 0.3 is 26.0 Å². The highest BCUT2D eigenvalue weighted by molar-refractivity contribution is 6.81. The van der Waals surface area contributed by atoms with Crippen molar-refractivity contribution in [3.8, 4) is 0 Å². The molecule has 12 atom stereocenters. The Kier molecular flexibility index (Phi) is 45.2. The molecule has 0 aliphatic carbocycles. The molecule has 8 saturated heterocycles. The predicted octanol–water partition coefficient (Wildman–Crippen LogP) is 27.6. The average molecular weight is 1670 g/mol. The Morgan fingerprint density at radius 1 is 0.296 bits per heavy atom. The Hall–Kier alpha value is 1.18.